The van der Waals surface area contributed by atoms with Crippen LogP contribution in [0.15, 0.2) is 36.4 Å². The number of ether oxygens (including phenoxy) is 1. The molecular formula is C16H14FIO2. The van der Waals surface area contributed by atoms with Crippen molar-refractivity contribution >= 4 is 28.4 Å². The summed E-state index contributed by atoms with van der Waals surface area (Å²) in [6, 6.07) is 9.65. The Kier molecular flexibility index (Phi) is 4.75. The van der Waals surface area contributed by atoms with Crippen LogP contribution in [0.4, 0.5) is 4.39 Å². The number of halogens is 2. The van der Waals surface area contributed by atoms with Crippen LogP contribution in [0.3, 0.4) is 0 Å². The Morgan fingerprint density at radius 1 is 1.20 bits per heavy atom. The lowest BCUT2D eigenvalue weighted by molar-refractivity contribution is 0.103. The number of benzene rings is 2. The average molecular weight is 384 g/mol. The Morgan fingerprint density at radius 3 is 2.60 bits per heavy atom. The van der Waals surface area contributed by atoms with Crippen molar-refractivity contribution in [1.29, 1.82) is 0 Å². The standard InChI is InChI=1S/C16H14FIO2/c1-3-20-15-7-4-10(2)8-13(15)16(19)12-6-5-11(17)9-14(12)18/h4-9H,3H2,1-2H3. The summed E-state index contributed by atoms with van der Waals surface area (Å²) in [6.07, 6.45) is 0. The second kappa shape index (κ2) is 6.35. The molecular weight excluding hydrogens is 370 g/mol. The summed E-state index contributed by atoms with van der Waals surface area (Å²) in [5.41, 5.74) is 1.98. The Morgan fingerprint density at radius 2 is 1.95 bits per heavy atom. The predicted molar refractivity (Wildman–Crippen MR) is 84.9 cm³/mol. The fraction of sp³-hybridized carbons (Fsp3) is 0.188. The Bertz CT molecular complexity index is 653. The van der Waals surface area contributed by atoms with Crippen LogP contribution in [0.5, 0.6) is 5.75 Å². The van der Waals surface area contributed by atoms with Crippen LogP contribution >= 0.6 is 22.6 Å². The van der Waals surface area contributed by atoms with E-state index in [2.05, 4.69) is 0 Å². The third-order valence-electron chi connectivity index (χ3n) is 2.86. The summed E-state index contributed by atoms with van der Waals surface area (Å²) in [6.45, 7) is 4.28. The first-order chi connectivity index (χ1) is 9.52. The van der Waals surface area contributed by atoms with Crippen molar-refractivity contribution in [2.24, 2.45) is 0 Å². The molecule has 0 radical (unpaired) electrons. The first kappa shape index (κ1) is 15.0. The SMILES string of the molecule is CCOc1ccc(C)cc1C(=O)c1ccc(F)cc1I. The van der Waals surface area contributed by atoms with Gasteiger partial charge in [-0.15, -0.1) is 0 Å². The van der Waals surface area contributed by atoms with E-state index in [4.69, 9.17) is 4.74 Å². The van der Waals surface area contributed by atoms with E-state index in [9.17, 15) is 9.18 Å². The number of carbonyl (C=O) groups is 1. The lowest BCUT2D eigenvalue weighted by Crippen LogP contribution is -2.07. The smallest absolute Gasteiger partial charge is 0.197 e. The predicted octanol–water partition coefficient (Wildman–Crippen LogP) is 4.37. The molecule has 0 N–H and O–H groups in total. The molecule has 0 heterocycles. The van der Waals surface area contributed by atoms with Crippen LogP contribution in [0, 0.1) is 16.3 Å². The highest BCUT2D eigenvalue weighted by Crippen LogP contribution is 2.25. The number of aryl methyl sites for hydroxylation is 1. The molecule has 2 nitrogen and oxygen atoms in total. The van der Waals surface area contributed by atoms with Gasteiger partial charge in [0.25, 0.3) is 0 Å². The second-order valence-electron chi connectivity index (χ2n) is 4.39. The van der Waals surface area contributed by atoms with Crippen LogP contribution in [0.1, 0.15) is 28.4 Å². The second-order valence-corrected chi connectivity index (χ2v) is 5.55. The summed E-state index contributed by atoms with van der Waals surface area (Å²) in [5, 5.41) is 0. The van der Waals surface area contributed by atoms with Gasteiger partial charge in [-0.05, 0) is 66.8 Å². The van der Waals surface area contributed by atoms with Gasteiger partial charge in [0.05, 0.1) is 12.2 Å². The Balaban J connectivity index is 2.49. The minimum absolute atomic E-state index is 0.151. The third kappa shape index (κ3) is 3.17. The van der Waals surface area contributed by atoms with E-state index in [-0.39, 0.29) is 11.6 Å². The number of rotatable bonds is 4. The molecule has 0 fully saturated rings. The third-order valence-corrected chi connectivity index (χ3v) is 3.75. The topological polar surface area (TPSA) is 26.3 Å². The quantitative estimate of drug-likeness (QED) is 0.578. The van der Waals surface area contributed by atoms with Gasteiger partial charge in [0.1, 0.15) is 11.6 Å². The highest BCUT2D eigenvalue weighted by atomic mass is 127. The number of carbonyl (C=O) groups excluding carboxylic acids is 1. The van der Waals surface area contributed by atoms with E-state index < -0.39 is 0 Å². The molecule has 104 valence electrons. The van der Waals surface area contributed by atoms with Gasteiger partial charge in [0.15, 0.2) is 5.78 Å². The van der Waals surface area contributed by atoms with Crippen LogP contribution in [-0.4, -0.2) is 12.4 Å². The molecule has 0 aromatic heterocycles. The minimum Gasteiger partial charge on any atom is -0.493 e. The Labute approximate surface area is 131 Å². The maximum absolute atomic E-state index is 13.1. The molecule has 0 aliphatic heterocycles. The van der Waals surface area contributed by atoms with Gasteiger partial charge in [-0.3, -0.25) is 4.79 Å². The van der Waals surface area contributed by atoms with Gasteiger partial charge in [0, 0.05) is 9.13 Å². The zero-order valence-corrected chi connectivity index (χ0v) is 13.4. The molecule has 0 amide bonds. The molecule has 2 aromatic rings. The van der Waals surface area contributed by atoms with Crippen molar-refractivity contribution in [1.82, 2.24) is 0 Å². The van der Waals surface area contributed by atoms with E-state index >= 15 is 0 Å². The summed E-state index contributed by atoms with van der Waals surface area (Å²) in [4.78, 5) is 12.6. The molecule has 0 aliphatic rings. The normalized spacial score (nSPS) is 10.4. The monoisotopic (exact) mass is 384 g/mol. The number of ketones is 1. The van der Waals surface area contributed by atoms with E-state index in [1.165, 1.54) is 18.2 Å². The molecule has 2 rings (SSSR count). The summed E-state index contributed by atoms with van der Waals surface area (Å²) in [5.74, 6) is 0.0602. The van der Waals surface area contributed by atoms with Crippen molar-refractivity contribution in [3.05, 3.63) is 62.5 Å². The lowest BCUT2D eigenvalue weighted by Gasteiger charge is -2.11. The van der Waals surface area contributed by atoms with Gasteiger partial charge < -0.3 is 4.74 Å². The summed E-state index contributed by atoms with van der Waals surface area (Å²) < 4.78 is 19.2. The number of hydrogen-bond acceptors (Lipinski definition) is 2. The van der Waals surface area contributed by atoms with Crippen LogP contribution in [0.2, 0.25) is 0 Å². The van der Waals surface area contributed by atoms with Crippen LogP contribution in [-0.2, 0) is 0 Å². The number of hydrogen-bond donors (Lipinski definition) is 0. The molecule has 0 saturated carbocycles. The minimum atomic E-state index is -0.347. The molecule has 2 aromatic carbocycles. The first-order valence-corrected chi connectivity index (χ1v) is 7.34. The average Bonchev–Trinajstić information content (AvgIpc) is 2.40. The molecule has 0 bridgehead atoms. The maximum Gasteiger partial charge on any atom is 0.197 e. The van der Waals surface area contributed by atoms with Gasteiger partial charge in [-0.2, -0.15) is 0 Å². The van der Waals surface area contributed by atoms with E-state index in [1.54, 1.807) is 12.1 Å². The van der Waals surface area contributed by atoms with E-state index in [1.807, 2.05) is 42.5 Å². The van der Waals surface area contributed by atoms with E-state index in [0.29, 0.717) is 27.1 Å². The van der Waals surface area contributed by atoms with Gasteiger partial charge in [0.2, 0.25) is 0 Å². The van der Waals surface area contributed by atoms with Crippen molar-refractivity contribution in [2.45, 2.75) is 13.8 Å². The van der Waals surface area contributed by atoms with Crippen molar-refractivity contribution in [2.75, 3.05) is 6.61 Å². The zero-order valence-electron chi connectivity index (χ0n) is 11.2. The maximum atomic E-state index is 13.1. The van der Waals surface area contributed by atoms with Crippen LogP contribution in [0.25, 0.3) is 0 Å². The highest BCUT2D eigenvalue weighted by molar-refractivity contribution is 14.1. The largest absolute Gasteiger partial charge is 0.493 e. The van der Waals surface area contributed by atoms with Gasteiger partial charge >= 0.3 is 0 Å². The molecule has 20 heavy (non-hydrogen) atoms. The van der Waals surface area contributed by atoms with Crippen molar-refractivity contribution in [3.63, 3.8) is 0 Å². The molecule has 4 heteroatoms. The van der Waals surface area contributed by atoms with E-state index in [0.717, 1.165) is 5.56 Å². The zero-order chi connectivity index (χ0) is 14.7. The summed E-state index contributed by atoms with van der Waals surface area (Å²) in [7, 11) is 0. The van der Waals surface area contributed by atoms with Crippen molar-refractivity contribution in [3.8, 4) is 5.75 Å². The molecule has 0 spiro atoms. The molecule has 0 saturated heterocycles. The van der Waals surface area contributed by atoms with Gasteiger partial charge in [-0.25, -0.2) is 4.39 Å². The summed E-state index contributed by atoms with van der Waals surface area (Å²) >= 11 is 1.97. The molecule has 0 aliphatic carbocycles. The van der Waals surface area contributed by atoms with Crippen molar-refractivity contribution < 1.29 is 13.9 Å². The fourth-order valence-corrected chi connectivity index (χ4v) is 2.64. The fourth-order valence-electron chi connectivity index (χ4n) is 1.92. The van der Waals surface area contributed by atoms with Gasteiger partial charge in [-0.1, -0.05) is 11.6 Å². The van der Waals surface area contributed by atoms with Crippen LogP contribution < -0.4 is 4.74 Å². The first-order valence-electron chi connectivity index (χ1n) is 6.26. The molecule has 0 atom stereocenters. The highest BCUT2D eigenvalue weighted by Gasteiger charge is 2.17. The Hall–Kier alpha value is -1.43. The molecule has 0 unspecified atom stereocenters. The lowest BCUT2D eigenvalue weighted by atomic mass is 10.0.